The van der Waals surface area contributed by atoms with Crippen molar-refractivity contribution in [1.82, 2.24) is 0 Å². The zero-order chi connectivity index (χ0) is 19.5. The Hall–Kier alpha value is -1.52. The van der Waals surface area contributed by atoms with Crippen molar-refractivity contribution in [3.63, 3.8) is 0 Å². The SMILES string of the molecule is C=C[C@](C)(CC=O)[C@@H](OCOC)C(=C)[C@]12CCC(=O)C1=C(C)[C@H](C)CC2. The van der Waals surface area contributed by atoms with Crippen LogP contribution in [0.25, 0.3) is 0 Å². The average molecular weight is 360 g/mol. The van der Waals surface area contributed by atoms with Gasteiger partial charge in [0.25, 0.3) is 0 Å². The molecular weight excluding hydrogens is 328 g/mol. The molecule has 0 aromatic rings. The topological polar surface area (TPSA) is 52.6 Å². The van der Waals surface area contributed by atoms with Crippen LogP contribution in [-0.2, 0) is 19.1 Å². The van der Waals surface area contributed by atoms with Crippen LogP contribution in [0.4, 0.5) is 0 Å². The first-order chi connectivity index (χ1) is 12.3. The fourth-order valence-electron chi connectivity index (χ4n) is 4.65. The highest BCUT2D eigenvalue weighted by molar-refractivity contribution is 6.01. The van der Waals surface area contributed by atoms with E-state index in [1.165, 1.54) is 5.57 Å². The Bertz CT molecular complexity index is 632. The van der Waals surface area contributed by atoms with E-state index >= 15 is 0 Å². The third-order valence-electron chi connectivity index (χ3n) is 6.55. The van der Waals surface area contributed by atoms with E-state index in [0.717, 1.165) is 36.7 Å². The lowest BCUT2D eigenvalue weighted by atomic mass is 9.61. The van der Waals surface area contributed by atoms with Crippen molar-refractivity contribution in [2.45, 2.75) is 59.0 Å². The quantitative estimate of drug-likeness (QED) is 0.347. The van der Waals surface area contributed by atoms with Gasteiger partial charge in [-0.3, -0.25) is 4.79 Å². The number of carbonyl (C=O) groups is 2. The van der Waals surface area contributed by atoms with E-state index < -0.39 is 11.5 Å². The van der Waals surface area contributed by atoms with Gasteiger partial charge in [-0.1, -0.05) is 32.1 Å². The number of allylic oxidation sites excluding steroid dienone is 2. The van der Waals surface area contributed by atoms with E-state index in [1.807, 2.05) is 6.92 Å². The first-order valence-electron chi connectivity index (χ1n) is 9.39. The highest BCUT2D eigenvalue weighted by atomic mass is 16.7. The van der Waals surface area contributed by atoms with Crippen molar-refractivity contribution in [2.75, 3.05) is 13.9 Å². The van der Waals surface area contributed by atoms with Gasteiger partial charge in [0, 0.05) is 36.4 Å². The minimum absolute atomic E-state index is 0.102. The molecule has 26 heavy (non-hydrogen) atoms. The number of Topliss-reactive ketones (excluding diaryl/α,β-unsaturated/α-hetero) is 1. The molecule has 4 nitrogen and oxygen atoms in total. The summed E-state index contributed by atoms with van der Waals surface area (Å²) >= 11 is 0. The van der Waals surface area contributed by atoms with E-state index in [2.05, 4.69) is 27.0 Å². The van der Waals surface area contributed by atoms with Gasteiger partial charge >= 0.3 is 0 Å². The van der Waals surface area contributed by atoms with Crippen molar-refractivity contribution < 1.29 is 19.1 Å². The van der Waals surface area contributed by atoms with Crippen LogP contribution >= 0.6 is 0 Å². The van der Waals surface area contributed by atoms with Crippen LogP contribution in [0.3, 0.4) is 0 Å². The Balaban J connectivity index is 2.52. The Kier molecular flexibility index (Phi) is 6.41. The van der Waals surface area contributed by atoms with Crippen LogP contribution in [0.5, 0.6) is 0 Å². The summed E-state index contributed by atoms with van der Waals surface area (Å²) in [5.74, 6) is 0.642. The third-order valence-corrected chi connectivity index (χ3v) is 6.55. The number of ether oxygens (including phenoxy) is 2. The second-order valence-electron chi connectivity index (χ2n) is 8.06. The van der Waals surface area contributed by atoms with Gasteiger partial charge in [-0.05, 0) is 37.7 Å². The molecule has 0 N–H and O–H groups in total. The van der Waals surface area contributed by atoms with Crippen molar-refractivity contribution in [3.05, 3.63) is 36.0 Å². The molecule has 0 radical (unpaired) electrons. The molecule has 144 valence electrons. The molecule has 1 fully saturated rings. The highest BCUT2D eigenvalue weighted by Crippen LogP contribution is 2.57. The summed E-state index contributed by atoms with van der Waals surface area (Å²) in [6, 6.07) is 0. The van der Waals surface area contributed by atoms with Gasteiger partial charge in [0.2, 0.25) is 0 Å². The number of ketones is 1. The summed E-state index contributed by atoms with van der Waals surface area (Å²) in [7, 11) is 1.57. The number of aldehydes is 1. The van der Waals surface area contributed by atoms with Crippen LogP contribution in [0.1, 0.15) is 52.9 Å². The Labute approximate surface area is 157 Å². The number of carbonyl (C=O) groups excluding carboxylic acids is 2. The molecule has 0 unspecified atom stereocenters. The van der Waals surface area contributed by atoms with E-state index in [1.54, 1.807) is 13.2 Å². The van der Waals surface area contributed by atoms with E-state index in [-0.39, 0.29) is 24.4 Å². The molecule has 4 atom stereocenters. The Morgan fingerprint density at radius 1 is 1.46 bits per heavy atom. The number of rotatable bonds is 9. The molecule has 0 amide bonds. The van der Waals surface area contributed by atoms with Gasteiger partial charge in [0.15, 0.2) is 5.78 Å². The van der Waals surface area contributed by atoms with Crippen molar-refractivity contribution >= 4 is 12.1 Å². The van der Waals surface area contributed by atoms with E-state index in [0.29, 0.717) is 12.3 Å². The lowest BCUT2D eigenvalue weighted by Crippen LogP contribution is -2.43. The minimum Gasteiger partial charge on any atom is -0.359 e. The van der Waals surface area contributed by atoms with Gasteiger partial charge in [0.1, 0.15) is 13.1 Å². The van der Waals surface area contributed by atoms with Crippen LogP contribution in [0.15, 0.2) is 36.0 Å². The molecule has 0 aromatic carbocycles. The Morgan fingerprint density at radius 2 is 2.15 bits per heavy atom. The highest BCUT2D eigenvalue weighted by Gasteiger charge is 2.52. The number of hydrogen-bond donors (Lipinski definition) is 0. The summed E-state index contributed by atoms with van der Waals surface area (Å²) in [4.78, 5) is 24.0. The zero-order valence-electron chi connectivity index (χ0n) is 16.6. The normalized spacial score (nSPS) is 29.1. The second-order valence-corrected chi connectivity index (χ2v) is 8.06. The predicted molar refractivity (Wildman–Crippen MR) is 103 cm³/mol. The second kappa shape index (κ2) is 8.01. The minimum atomic E-state index is -0.597. The summed E-state index contributed by atoms with van der Waals surface area (Å²) in [5, 5.41) is 0. The molecule has 4 heteroatoms. The molecule has 0 spiro atoms. The average Bonchev–Trinajstić information content (AvgIpc) is 2.97. The van der Waals surface area contributed by atoms with Crippen LogP contribution < -0.4 is 0 Å². The fourth-order valence-corrected chi connectivity index (χ4v) is 4.65. The van der Waals surface area contributed by atoms with E-state index in [4.69, 9.17) is 9.47 Å². The van der Waals surface area contributed by atoms with Gasteiger partial charge in [-0.2, -0.15) is 0 Å². The summed E-state index contributed by atoms with van der Waals surface area (Å²) in [6.45, 7) is 14.7. The van der Waals surface area contributed by atoms with Crippen molar-refractivity contribution in [1.29, 1.82) is 0 Å². The van der Waals surface area contributed by atoms with Gasteiger partial charge < -0.3 is 14.3 Å². The van der Waals surface area contributed by atoms with Crippen molar-refractivity contribution in [3.8, 4) is 0 Å². The standard InChI is InChI=1S/C22H32O4/c1-7-21(5,12-13-23)20(26-14-25-6)17(4)22-10-8-15(2)16(3)19(22)18(24)9-11-22/h7,13,15,20H,1,4,8-12,14H2,2-3,5-6H3/t15-,20+,21-,22+/m1/s1. The van der Waals surface area contributed by atoms with Gasteiger partial charge in [-0.25, -0.2) is 0 Å². The molecule has 0 saturated heterocycles. The maximum atomic E-state index is 12.7. The largest absolute Gasteiger partial charge is 0.359 e. The molecule has 2 rings (SSSR count). The summed E-state index contributed by atoms with van der Waals surface area (Å²) < 4.78 is 11.2. The maximum Gasteiger partial charge on any atom is 0.159 e. The van der Waals surface area contributed by atoms with Crippen LogP contribution in [-0.4, -0.2) is 32.1 Å². The van der Waals surface area contributed by atoms with E-state index in [9.17, 15) is 9.59 Å². The molecule has 0 bridgehead atoms. The number of methoxy groups -OCH3 is 1. The van der Waals surface area contributed by atoms with Gasteiger partial charge in [0.05, 0.1) is 6.10 Å². The molecule has 0 aromatic heterocycles. The van der Waals surface area contributed by atoms with Crippen LogP contribution in [0.2, 0.25) is 0 Å². The summed E-state index contributed by atoms with van der Waals surface area (Å²) in [5.41, 5.74) is 2.04. The molecule has 0 heterocycles. The number of fused-ring (bicyclic) bond motifs is 1. The lowest BCUT2D eigenvalue weighted by molar-refractivity contribution is -0.117. The number of hydrogen-bond acceptors (Lipinski definition) is 4. The Morgan fingerprint density at radius 3 is 2.73 bits per heavy atom. The monoisotopic (exact) mass is 360 g/mol. The molecule has 1 saturated carbocycles. The van der Waals surface area contributed by atoms with Crippen molar-refractivity contribution in [2.24, 2.45) is 16.7 Å². The fraction of sp³-hybridized carbons (Fsp3) is 0.636. The molecule has 2 aliphatic rings. The molecule has 0 aliphatic heterocycles. The first-order valence-corrected chi connectivity index (χ1v) is 9.39. The molecule has 2 aliphatic carbocycles. The lowest BCUT2D eigenvalue weighted by Gasteiger charge is -2.45. The predicted octanol–water partition coefficient (Wildman–Crippen LogP) is 4.41. The first kappa shape index (κ1) is 20.8. The maximum absolute atomic E-state index is 12.7. The van der Waals surface area contributed by atoms with Gasteiger partial charge in [-0.15, -0.1) is 6.58 Å². The summed E-state index contributed by atoms with van der Waals surface area (Å²) in [6.07, 6.45) is 5.74. The van der Waals surface area contributed by atoms with Crippen LogP contribution in [0, 0.1) is 16.7 Å². The zero-order valence-corrected chi connectivity index (χ0v) is 16.6. The molecular formula is C22H32O4. The third kappa shape index (κ3) is 3.37. The smallest absolute Gasteiger partial charge is 0.159 e.